The third-order valence-electron chi connectivity index (χ3n) is 19.8. The van der Waals surface area contributed by atoms with E-state index >= 15 is 0 Å². The zero-order valence-electron chi connectivity index (χ0n) is 51.4. The SMILES string of the molecule is CC(C)C(C)(C(C)C)C([O-])(C(C)C)C(C)C.CC(C)C(C)(C(C)C)C([O-])(C(C)C)C(C)C.CC(C)C(C)(C(C)C)C([O-])(C(C)C)C(C)C.CC(C)C(C)(C(C)C)C([O-])(C(C)C)C(C)C.[Zr+4]. The molecule has 0 aromatic heterocycles. The zero-order chi connectivity index (χ0) is 53.2. The van der Waals surface area contributed by atoms with Crippen LogP contribution in [0.5, 0.6) is 0 Å². The van der Waals surface area contributed by atoms with Crippen molar-refractivity contribution in [3.05, 3.63) is 0 Å². The van der Waals surface area contributed by atoms with Crippen LogP contribution in [0.1, 0.15) is 249 Å². The Bertz CT molecular complexity index is 893. The van der Waals surface area contributed by atoms with E-state index in [-0.39, 0.29) is 95.2 Å². The van der Waals surface area contributed by atoms with Crippen molar-refractivity contribution in [2.75, 3.05) is 0 Å². The predicted octanol–water partition coefficient (Wildman–Crippen LogP) is 14.9. The van der Waals surface area contributed by atoms with Crippen LogP contribution in [0.15, 0.2) is 0 Å². The Kier molecular flexibility index (Phi) is 32.3. The number of hydrogen-bond acceptors (Lipinski definition) is 4. The summed E-state index contributed by atoms with van der Waals surface area (Å²) < 4.78 is 0. The van der Waals surface area contributed by atoms with Gasteiger partial charge >= 0.3 is 26.2 Å². The summed E-state index contributed by atoms with van der Waals surface area (Å²) in [6.07, 6.45) is 0. The van der Waals surface area contributed by atoms with Crippen LogP contribution >= 0.6 is 0 Å². The standard InChI is InChI=1S/4C15H31O.Zr/c4*1-10(2)14(9,11(3)4)15(16,12(5)6)13(7)8;/h4*10-13H,1-9H3;/q4*-1;+4. The van der Waals surface area contributed by atoms with E-state index in [0.717, 1.165) is 0 Å². The summed E-state index contributed by atoms with van der Waals surface area (Å²) in [5.41, 5.74) is -4.04. The van der Waals surface area contributed by atoms with Crippen molar-refractivity contribution in [3.63, 3.8) is 0 Å². The van der Waals surface area contributed by atoms with E-state index in [1.165, 1.54) is 0 Å². The molecule has 0 N–H and O–H groups in total. The van der Waals surface area contributed by atoms with E-state index in [4.69, 9.17) is 0 Å². The molecule has 0 aliphatic carbocycles. The van der Waals surface area contributed by atoms with Gasteiger partial charge in [0, 0.05) is 0 Å². The van der Waals surface area contributed by atoms with Gasteiger partial charge in [0.05, 0.1) is 0 Å². The normalized spacial score (nSPS) is 14.4. The minimum Gasteiger partial charge on any atom is -0.849 e. The molecule has 0 aliphatic rings. The van der Waals surface area contributed by atoms with Crippen LogP contribution in [-0.4, -0.2) is 22.4 Å². The average molecular weight is 1000 g/mol. The van der Waals surface area contributed by atoms with Crippen LogP contribution in [0.2, 0.25) is 0 Å². The Balaban J connectivity index is -0.000000245. The van der Waals surface area contributed by atoms with Gasteiger partial charge in [0.2, 0.25) is 0 Å². The molecule has 0 aromatic rings. The van der Waals surface area contributed by atoms with Crippen LogP contribution in [0.4, 0.5) is 0 Å². The van der Waals surface area contributed by atoms with Gasteiger partial charge in [0.15, 0.2) is 0 Å². The van der Waals surface area contributed by atoms with Crippen LogP contribution in [0.3, 0.4) is 0 Å². The van der Waals surface area contributed by atoms with Gasteiger partial charge in [0.1, 0.15) is 0 Å². The molecule has 0 unspecified atom stereocenters. The fourth-order valence-corrected chi connectivity index (χ4v) is 13.9. The molecule has 0 aromatic carbocycles. The maximum Gasteiger partial charge on any atom is 4.00 e. The first-order valence-corrected chi connectivity index (χ1v) is 26.9. The maximum atomic E-state index is 13.4. The maximum absolute atomic E-state index is 13.4. The van der Waals surface area contributed by atoms with Gasteiger partial charge < -0.3 is 20.4 Å². The Hall–Kier alpha value is 0.723. The van der Waals surface area contributed by atoms with Gasteiger partial charge in [-0.3, -0.25) is 0 Å². The molecule has 0 spiro atoms. The van der Waals surface area contributed by atoms with Crippen LogP contribution in [0.25, 0.3) is 0 Å². The van der Waals surface area contributed by atoms with E-state index < -0.39 is 22.4 Å². The van der Waals surface area contributed by atoms with Crippen molar-refractivity contribution in [1.29, 1.82) is 0 Å². The van der Waals surface area contributed by atoms with Crippen molar-refractivity contribution in [2.24, 2.45) is 116 Å². The van der Waals surface area contributed by atoms with E-state index in [2.05, 4.69) is 249 Å². The average Bonchev–Trinajstić information content (AvgIpc) is 3.13. The summed E-state index contributed by atoms with van der Waals surface area (Å²) in [5.74, 6) is 4.65. The first-order chi connectivity index (χ1) is 28.1. The molecule has 0 aliphatic heterocycles. The summed E-state index contributed by atoms with van der Waals surface area (Å²) in [4.78, 5) is 0. The minimum absolute atomic E-state index is 0. The second-order valence-corrected chi connectivity index (χ2v) is 26.8. The molecule has 4 nitrogen and oxygen atoms in total. The molecule has 5 heteroatoms. The Labute approximate surface area is 432 Å². The van der Waals surface area contributed by atoms with E-state index in [1.54, 1.807) is 0 Å². The largest absolute Gasteiger partial charge is 4.00 e. The van der Waals surface area contributed by atoms with Crippen molar-refractivity contribution < 1.29 is 46.6 Å². The quantitative estimate of drug-likeness (QED) is 0.121. The molecule has 0 radical (unpaired) electrons. The second-order valence-electron chi connectivity index (χ2n) is 26.8. The second kappa shape index (κ2) is 28.1. The summed E-state index contributed by atoms with van der Waals surface area (Å²) in [5, 5.41) is 53.6. The molecule has 65 heavy (non-hydrogen) atoms. The third kappa shape index (κ3) is 14.5. The van der Waals surface area contributed by atoms with Gasteiger partial charge in [-0.15, -0.1) is 22.4 Å². The van der Waals surface area contributed by atoms with Crippen molar-refractivity contribution in [3.8, 4) is 0 Å². The first-order valence-electron chi connectivity index (χ1n) is 26.9. The predicted molar refractivity (Wildman–Crippen MR) is 281 cm³/mol. The Morgan fingerprint density at radius 2 is 0.231 bits per heavy atom. The molecular weight excluding hydrogens is 876 g/mol. The van der Waals surface area contributed by atoms with Crippen LogP contribution in [-0.2, 0) is 26.2 Å². The smallest absolute Gasteiger partial charge is 0.849 e. The van der Waals surface area contributed by atoms with Crippen LogP contribution in [0, 0.1) is 116 Å². The zero-order valence-corrected chi connectivity index (χ0v) is 53.8. The van der Waals surface area contributed by atoms with Crippen molar-refractivity contribution in [2.45, 2.75) is 272 Å². The molecule has 0 bridgehead atoms. The topological polar surface area (TPSA) is 92.2 Å². The monoisotopic (exact) mass is 999 g/mol. The summed E-state index contributed by atoms with van der Waals surface area (Å²) >= 11 is 0. The fraction of sp³-hybridized carbons (Fsp3) is 1.00. The molecule has 0 amide bonds. The summed E-state index contributed by atoms with van der Waals surface area (Å²) in [7, 11) is 0. The molecular formula is C60H124O4Zr. The fourth-order valence-electron chi connectivity index (χ4n) is 13.9. The summed E-state index contributed by atoms with van der Waals surface area (Å²) in [6, 6.07) is 0. The van der Waals surface area contributed by atoms with Gasteiger partial charge in [-0.05, 0) is 69.0 Å². The molecule has 0 atom stereocenters. The van der Waals surface area contributed by atoms with Gasteiger partial charge in [-0.1, -0.05) is 297 Å². The van der Waals surface area contributed by atoms with Gasteiger partial charge in [-0.25, -0.2) is 0 Å². The molecule has 0 heterocycles. The van der Waals surface area contributed by atoms with Crippen LogP contribution < -0.4 is 20.4 Å². The van der Waals surface area contributed by atoms with Crippen molar-refractivity contribution in [1.82, 2.24) is 0 Å². The Morgan fingerprint density at radius 1 is 0.169 bits per heavy atom. The van der Waals surface area contributed by atoms with E-state index in [1.807, 2.05) is 0 Å². The van der Waals surface area contributed by atoms with E-state index in [0.29, 0.717) is 47.3 Å². The van der Waals surface area contributed by atoms with Crippen molar-refractivity contribution >= 4 is 0 Å². The number of rotatable bonds is 20. The minimum atomic E-state index is -0.852. The van der Waals surface area contributed by atoms with Gasteiger partial charge in [0.25, 0.3) is 0 Å². The molecule has 0 fully saturated rings. The molecule has 0 saturated carbocycles. The third-order valence-corrected chi connectivity index (χ3v) is 19.8. The summed E-state index contributed by atoms with van der Waals surface area (Å²) in [6.45, 7) is 77.1. The van der Waals surface area contributed by atoms with Gasteiger partial charge in [-0.2, -0.15) is 0 Å². The van der Waals surface area contributed by atoms with E-state index in [9.17, 15) is 20.4 Å². The molecule has 392 valence electrons. The first kappa shape index (κ1) is 74.7. The molecule has 0 saturated heterocycles. The number of hydrogen-bond donors (Lipinski definition) is 0. The molecule has 0 rings (SSSR count). The Morgan fingerprint density at radius 3 is 0.246 bits per heavy atom.